The van der Waals surface area contributed by atoms with Crippen molar-refractivity contribution >= 4 is 43.6 Å². The molecule has 0 bridgehead atoms. The number of nitrogens with zero attached hydrogens (tertiary/aromatic N) is 12. The van der Waals surface area contributed by atoms with Crippen LogP contribution in [0.5, 0.6) is 0 Å². The molecule has 12 nitrogen and oxygen atoms in total. The number of para-hydroxylation sites is 2. The fourth-order valence-electron chi connectivity index (χ4n) is 13.6. The van der Waals surface area contributed by atoms with Crippen molar-refractivity contribution in [1.29, 1.82) is 5.26 Å². The van der Waals surface area contributed by atoms with E-state index in [4.69, 9.17) is 44.9 Å². The summed E-state index contributed by atoms with van der Waals surface area (Å²) in [5, 5.41) is 14.4. The number of hydrogen-bond acceptors (Lipinski definition) is 10. The Kier molecular flexibility index (Phi) is 14.6. The molecule has 0 N–H and O–H groups in total. The third-order valence-corrected chi connectivity index (χ3v) is 18.3. The smallest absolute Gasteiger partial charge is 0.166 e. The molecule has 0 radical (unpaired) electrons. The Morgan fingerprint density at radius 1 is 0.210 bits per heavy atom. The summed E-state index contributed by atoms with van der Waals surface area (Å²) >= 11 is 0. The zero-order valence-corrected chi connectivity index (χ0v) is 53.5. The number of benzene rings is 13. The first kappa shape index (κ1) is 58.5. The van der Waals surface area contributed by atoms with Crippen LogP contribution in [0.3, 0.4) is 0 Å². The summed E-state index contributed by atoms with van der Waals surface area (Å²) in [7, 11) is 0. The van der Waals surface area contributed by atoms with Crippen molar-refractivity contribution < 1.29 is 0 Å². The van der Waals surface area contributed by atoms with Crippen LogP contribution in [0.1, 0.15) is 5.56 Å². The van der Waals surface area contributed by atoms with E-state index in [1.165, 1.54) is 0 Å². The molecule has 0 spiro atoms. The maximum absolute atomic E-state index is 10.4. The van der Waals surface area contributed by atoms with Crippen LogP contribution in [0.2, 0.25) is 0 Å². The van der Waals surface area contributed by atoms with E-state index in [-0.39, 0.29) is 0 Å². The molecule has 0 saturated heterocycles. The SMILES string of the molecule is N#Cc1cccc(-c2ccc(-n3c4ccccc4c4cc(-c5nc(-c6ccccc6)nc(-c6ccccc6)n5)ccc43)c(-c3cccc(-n4c5ccccc5c5cc(-c6nc(-c7ccccc7)nc(-c7ccccc7)n6)ccc54)c3-c3nc(-c4ccccc4)nc(-c4ccccc4)n3)c2)c1. The van der Waals surface area contributed by atoms with E-state index in [9.17, 15) is 5.26 Å². The molecule has 18 aromatic rings. The summed E-state index contributed by atoms with van der Waals surface area (Å²) in [6, 6.07) is 114. The molecular weight excluding hydrogens is 1230 g/mol. The second kappa shape index (κ2) is 25.0. The predicted molar refractivity (Wildman–Crippen MR) is 400 cm³/mol. The first-order valence-electron chi connectivity index (χ1n) is 33.0. The van der Waals surface area contributed by atoms with Crippen molar-refractivity contribution in [3.05, 3.63) is 333 Å². The minimum Gasteiger partial charge on any atom is -0.309 e. The van der Waals surface area contributed by atoms with E-state index in [1.807, 2.05) is 200 Å². The minimum absolute atomic E-state index is 0.463. The molecule has 466 valence electrons. The van der Waals surface area contributed by atoms with Gasteiger partial charge in [-0.15, -0.1) is 0 Å². The van der Waals surface area contributed by atoms with Crippen LogP contribution in [0, 0.1) is 11.3 Å². The molecule has 0 unspecified atom stereocenters. The molecule has 0 aliphatic heterocycles. The van der Waals surface area contributed by atoms with Crippen LogP contribution in [0.25, 0.3) is 180 Å². The summed E-state index contributed by atoms with van der Waals surface area (Å²) in [5.74, 6) is 4.94. The quantitative estimate of drug-likeness (QED) is 0.109. The topological polar surface area (TPSA) is 150 Å². The van der Waals surface area contributed by atoms with Crippen molar-refractivity contribution in [3.8, 4) is 142 Å². The zero-order chi connectivity index (χ0) is 66.5. The highest BCUT2D eigenvalue weighted by atomic mass is 15.1. The maximum atomic E-state index is 10.4. The van der Waals surface area contributed by atoms with Gasteiger partial charge in [-0.25, -0.2) is 44.9 Å². The molecular formula is C88H54N12. The Labute approximate surface area is 574 Å². The standard InChI is InChI=1S/C88H54N12/c89-55-56-25-23-38-63(51-56)64-45-48-77(99-73-42-21-19-39-67(73)70-53-65(46-49-75(70)99)86-93-80(57-26-7-1-8-27-57)90-81(94-86)58-28-9-2-10-29-58)72(52-64)69-41-24-44-78(79(69)88-97-84(61-34-15-5-16-35-61)92-85(98-88)62-36-17-6-18-37-62)100-74-43-22-20-40-68(74)71-54-66(47-50-76(71)100)87-95-82(59-30-11-3-12-31-59)91-83(96-87)60-32-13-4-14-33-60/h1-54H. The summed E-state index contributed by atoms with van der Waals surface area (Å²) < 4.78 is 4.71. The highest BCUT2D eigenvalue weighted by Gasteiger charge is 2.27. The van der Waals surface area contributed by atoms with E-state index >= 15 is 0 Å². The van der Waals surface area contributed by atoms with Gasteiger partial charge in [-0.3, -0.25) is 0 Å². The van der Waals surface area contributed by atoms with Crippen LogP contribution in [-0.4, -0.2) is 54.0 Å². The fraction of sp³-hybridized carbons (Fsp3) is 0. The van der Waals surface area contributed by atoms with Gasteiger partial charge in [0.15, 0.2) is 52.4 Å². The molecule has 12 heteroatoms. The lowest BCUT2D eigenvalue weighted by molar-refractivity contribution is 1.06. The van der Waals surface area contributed by atoms with Gasteiger partial charge in [0.25, 0.3) is 0 Å². The van der Waals surface area contributed by atoms with Gasteiger partial charge >= 0.3 is 0 Å². The highest BCUT2D eigenvalue weighted by molar-refractivity contribution is 6.13. The normalized spacial score (nSPS) is 11.4. The Bertz CT molecular complexity index is 6040. The van der Waals surface area contributed by atoms with Crippen molar-refractivity contribution in [3.63, 3.8) is 0 Å². The Morgan fingerprint density at radius 2 is 0.530 bits per heavy atom. The van der Waals surface area contributed by atoms with Gasteiger partial charge in [0, 0.05) is 71.6 Å². The number of hydrogen-bond donors (Lipinski definition) is 0. The van der Waals surface area contributed by atoms with Gasteiger partial charge in [-0.1, -0.05) is 249 Å². The molecule has 0 aliphatic carbocycles. The Hall–Kier alpha value is -14.0. The van der Waals surface area contributed by atoms with Crippen LogP contribution >= 0.6 is 0 Å². The van der Waals surface area contributed by atoms with E-state index in [0.29, 0.717) is 58.0 Å². The predicted octanol–water partition coefficient (Wildman–Crippen LogP) is 20.6. The number of nitriles is 1. The molecule has 0 amide bonds. The highest BCUT2D eigenvalue weighted by Crippen LogP contribution is 2.46. The summed E-state index contributed by atoms with van der Waals surface area (Å²) in [5.41, 5.74) is 17.3. The second-order valence-electron chi connectivity index (χ2n) is 24.4. The average Bonchev–Trinajstić information content (AvgIpc) is 1.53. The van der Waals surface area contributed by atoms with E-state index < -0.39 is 0 Å². The molecule has 0 saturated carbocycles. The van der Waals surface area contributed by atoms with Crippen LogP contribution in [0.15, 0.2) is 328 Å². The molecule has 18 rings (SSSR count). The summed E-state index contributed by atoms with van der Waals surface area (Å²) in [4.78, 5) is 47.3. The number of rotatable bonds is 13. The molecule has 13 aromatic carbocycles. The van der Waals surface area contributed by atoms with Gasteiger partial charge in [0.05, 0.1) is 50.6 Å². The van der Waals surface area contributed by atoms with Crippen LogP contribution in [-0.2, 0) is 0 Å². The molecule has 0 aliphatic rings. The van der Waals surface area contributed by atoms with Crippen LogP contribution < -0.4 is 0 Å². The van der Waals surface area contributed by atoms with Crippen molar-refractivity contribution in [1.82, 2.24) is 54.0 Å². The number of aromatic nitrogens is 11. The third kappa shape index (κ3) is 10.7. The van der Waals surface area contributed by atoms with Gasteiger partial charge in [-0.05, 0) is 95.6 Å². The molecule has 100 heavy (non-hydrogen) atoms. The van der Waals surface area contributed by atoms with Gasteiger partial charge in [0.1, 0.15) is 0 Å². The first-order chi connectivity index (χ1) is 49.5. The number of fused-ring (bicyclic) bond motifs is 6. The molecule has 5 aromatic heterocycles. The molecule has 0 atom stereocenters. The lowest BCUT2D eigenvalue weighted by atomic mass is 9.92. The van der Waals surface area contributed by atoms with E-state index in [2.05, 4.69) is 143 Å². The fourth-order valence-corrected chi connectivity index (χ4v) is 13.6. The van der Waals surface area contributed by atoms with Gasteiger partial charge in [-0.2, -0.15) is 5.26 Å². The summed E-state index contributed by atoms with van der Waals surface area (Å²) in [6.45, 7) is 0. The van der Waals surface area contributed by atoms with Crippen LogP contribution in [0.4, 0.5) is 0 Å². The largest absolute Gasteiger partial charge is 0.309 e. The molecule has 0 fully saturated rings. The van der Waals surface area contributed by atoms with Gasteiger partial charge < -0.3 is 9.13 Å². The van der Waals surface area contributed by atoms with Crippen molar-refractivity contribution in [2.24, 2.45) is 0 Å². The molecule has 5 heterocycles. The maximum Gasteiger partial charge on any atom is 0.166 e. The Morgan fingerprint density at radius 3 is 0.940 bits per heavy atom. The van der Waals surface area contributed by atoms with E-state index in [0.717, 1.165) is 127 Å². The summed E-state index contributed by atoms with van der Waals surface area (Å²) in [6.07, 6.45) is 0. The zero-order valence-electron chi connectivity index (χ0n) is 53.5. The average molecular weight is 1280 g/mol. The lowest BCUT2D eigenvalue weighted by Crippen LogP contribution is -2.06. The van der Waals surface area contributed by atoms with Crippen molar-refractivity contribution in [2.75, 3.05) is 0 Å². The van der Waals surface area contributed by atoms with Gasteiger partial charge in [0.2, 0.25) is 0 Å². The second-order valence-corrected chi connectivity index (χ2v) is 24.4. The Balaban J connectivity index is 0.905. The van der Waals surface area contributed by atoms with Crippen molar-refractivity contribution in [2.45, 2.75) is 0 Å². The lowest BCUT2D eigenvalue weighted by Gasteiger charge is -2.21. The minimum atomic E-state index is 0.463. The monoisotopic (exact) mass is 1280 g/mol. The first-order valence-corrected chi connectivity index (χ1v) is 33.0. The third-order valence-electron chi connectivity index (χ3n) is 18.3. The van der Waals surface area contributed by atoms with E-state index in [1.54, 1.807) is 0 Å².